The second-order valence-electron chi connectivity index (χ2n) is 5.83. The van der Waals surface area contributed by atoms with Crippen LogP contribution in [0.1, 0.15) is 19.4 Å². The molecular formula is C15H24FN3. The average Bonchev–Trinajstić information content (AvgIpc) is 2.36. The van der Waals surface area contributed by atoms with E-state index in [1.165, 1.54) is 6.54 Å². The van der Waals surface area contributed by atoms with E-state index in [2.05, 4.69) is 23.6 Å². The van der Waals surface area contributed by atoms with Crippen molar-refractivity contribution in [3.05, 3.63) is 29.6 Å². The number of hydrogen-bond donors (Lipinski definition) is 1. The van der Waals surface area contributed by atoms with Crippen LogP contribution in [0.3, 0.4) is 0 Å². The van der Waals surface area contributed by atoms with Crippen LogP contribution in [0.2, 0.25) is 0 Å². The quantitative estimate of drug-likeness (QED) is 0.847. The molecule has 0 bridgehead atoms. The Morgan fingerprint density at radius 3 is 2.37 bits per heavy atom. The van der Waals surface area contributed by atoms with Crippen molar-refractivity contribution in [2.45, 2.75) is 20.4 Å². The second kappa shape index (κ2) is 6.35. The molecule has 0 saturated carbocycles. The van der Waals surface area contributed by atoms with Gasteiger partial charge in [-0.3, -0.25) is 4.90 Å². The molecule has 1 saturated heterocycles. The molecular weight excluding hydrogens is 241 g/mol. The van der Waals surface area contributed by atoms with Crippen molar-refractivity contribution in [2.24, 2.45) is 5.92 Å². The molecule has 4 heteroatoms. The van der Waals surface area contributed by atoms with E-state index in [9.17, 15) is 4.39 Å². The van der Waals surface area contributed by atoms with Gasteiger partial charge >= 0.3 is 0 Å². The highest BCUT2D eigenvalue weighted by molar-refractivity contribution is 5.41. The zero-order chi connectivity index (χ0) is 13.8. The summed E-state index contributed by atoms with van der Waals surface area (Å²) in [6.45, 7) is 10.8. The first kappa shape index (κ1) is 14.3. The van der Waals surface area contributed by atoms with Crippen molar-refractivity contribution in [1.29, 1.82) is 0 Å². The Morgan fingerprint density at radius 2 is 1.79 bits per heavy atom. The van der Waals surface area contributed by atoms with E-state index in [1.54, 1.807) is 12.1 Å². The predicted octanol–water partition coefficient (Wildman–Crippen LogP) is 2.18. The Morgan fingerprint density at radius 1 is 1.16 bits per heavy atom. The summed E-state index contributed by atoms with van der Waals surface area (Å²) in [5, 5.41) is 0. The lowest BCUT2D eigenvalue weighted by molar-refractivity contribution is 0.117. The summed E-state index contributed by atoms with van der Waals surface area (Å²) in [4.78, 5) is 4.88. The maximum absolute atomic E-state index is 13.4. The Balaban J connectivity index is 1.83. The molecule has 0 aromatic heterocycles. The van der Waals surface area contributed by atoms with Crippen molar-refractivity contribution in [2.75, 3.05) is 38.5 Å². The second-order valence-corrected chi connectivity index (χ2v) is 5.83. The van der Waals surface area contributed by atoms with Crippen LogP contribution in [-0.4, -0.2) is 42.5 Å². The summed E-state index contributed by atoms with van der Waals surface area (Å²) < 4.78 is 13.4. The number of nitrogens with two attached hydrogens (primary N) is 1. The fourth-order valence-electron chi connectivity index (χ4n) is 2.57. The number of benzene rings is 1. The van der Waals surface area contributed by atoms with E-state index in [-0.39, 0.29) is 11.5 Å². The summed E-state index contributed by atoms with van der Waals surface area (Å²) in [5.74, 6) is 0.411. The van der Waals surface area contributed by atoms with Crippen LogP contribution >= 0.6 is 0 Å². The standard InChI is InChI=1S/C15H24FN3/c1-12(2)10-18-5-7-19(8-6-18)11-13-3-4-15(17)14(16)9-13/h3-4,9,12H,5-8,10-11,17H2,1-2H3. The number of halogens is 1. The van der Waals surface area contributed by atoms with Crippen LogP contribution in [0.5, 0.6) is 0 Å². The van der Waals surface area contributed by atoms with Gasteiger partial charge in [-0.2, -0.15) is 0 Å². The van der Waals surface area contributed by atoms with Crippen molar-refractivity contribution < 1.29 is 4.39 Å². The van der Waals surface area contributed by atoms with Crippen molar-refractivity contribution >= 4 is 5.69 Å². The summed E-state index contributed by atoms with van der Waals surface area (Å²) in [6, 6.07) is 5.12. The summed E-state index contributed by atoms with van der Waals surface area (Å²) in [6.07, 6.45) is 0. The highest BCUT2D eigenvalue weighted by atomic mass is 19.1. The molecule has 2 rings (SSSR count). The van der Waals surface area contributed by atoms with Crippen LogP contribution in [-0.2, 0) is 6.54 Å². The molecule has 0 atom stereocenters. The summed E-state index contributed by atoms with van der Waals surface area (Å²) >= 11 is 0. The monoisotopic (exact) mass is 265 g/mol. The van der Waals surface area contributed by atoms with Gasteiger partial charge in [0.1, 0.15) is 5.82 Å². The molecule has 1 aromatic rings. The molecule has 3 nitrogen and oxygen atoms in total. The van der Waals surface area contributed by atoms with Crippen molar-refractivity contribution in [1.82, 2.24) is 9.80 Å². The van der Waals surface area contributed by atoms with E-state index in [0.717, 1.165) is 44.2 Å². The lowest BCUT2D eigenvalue weighted by Crippen LogP contribution is -2.46. The third kappa shape index (κ3) is 4.18. The fraction of sp³-hybridized carbons (Fsp3) is 0.600. The first-order valence-electron chi connectivity index (χ1n) is 7.03. The third-order valence-electron chi connectivity index (χ3n) is 3.56. The highest BCUT2D eigenvalue weighted by Crippen LogP contribution is 2.15. The average molecular weight is 265 g/mol. The smallest absolute Gasteiger partial charge is 0.146 e. The third-order valence-corrected chi connectivity index (χ3v) is 3.56. The molecule has 0 aliphatic carbocycles. The van der Waals surface area contributed by atoms with E-state index in [0.29, 0.717) is 0 Å². The van der Waals surface area contributed by atoms with E-state index in [4.69, 9.17) is 5.73 Å². The van der Waals surface area contributed by atoms with Crippen LogP contribution in [0.15, 0.2) is 18.2 Å². The lowest BCUT2D eigenvalue weighted by atomic mass is 10.1. The Hall–Kier alpha value is -1.13. The number of piperazine rings is 1. The number of nitrogens with zero attached hydrogens (tertiary/aromatic N) is 2. The number of hydrogen-bond acceptors (Lipinski definition) is 3. The Labute approximate surface area is 115 Å². The lowest BCUT2D eigenvalue weighted by Gasteiger charge is -2.35. The topological polar surface area (TPSA) is 32.5 Å². The first-order chi connectivity index (χ1) is 9.04. The molecule has 0 spiro atoms. The van der Waals surface area contributed by atoms with Gasteiger partial charge in [-0.1, -0.05) is 19.9 Å². The molecule has 19 heavy (non-hydrogen) atoms. The molecule has 1 aromatic carbocycles. The Kier molecular flexibility index (Phi) is 4.77. The number of anilines is 1. The molecule has 1 aliphatic rings. The molecule has 0 amide bonds. The van der Waals surface area contributed by atoms with Gasteiger partial charge < -0.3 is 10.6 Å². The molecule has 1 heterocycles. The van der Waals surface area contributed by atoms with Crippen LogP contribution in [0.4, 0.5) is 10.1 Å². The maximum Gasteiger partial charge on any atom is 0.146 e. The number of rotatable bonds is 4. The van der Waals surface area contributed by atoms with Gasteiger partial charge in [0.05, 0.1) is 5.69 Å². The fourth-order valence-corrected chi connectivity index (χ4v) is 2.57. The van der Waals surface area contributed by atoms with E-state index in [1.807, 2.05) is 6.07 Å². The van der Waals surface area contributed by atoms with Gasteiger partial charge in [0.2, 0.25) is 0 Å². The van der Waals surface area contributed by atoms with Gasteiger partial charge in [0.15, 0.2) is 0 Å². The highest BCUT2D eigenvalue weighted by Gasteiger charge is 2.17. The Bertz CT molecular complexity index is 412. The molecule has 1 aliphatic heterocycles. The minimum atomic E-state index is -0.309. The van der Waals surface area contributed by atoms with Gasteiger partial charge in [0.25, 0.3) is 0 Å². The van der Waals surface area contributed by atoms with Crippen LogP contribution in [0.25, 0.3) is 0 Å². The van der Waals surface area contributed by atoms with Crippen LogP contribution in [0, 0.1) is 11.7 Å². The zero-order valence-electron chi connectivity index (χ0n) is 11.9. The molecule has 0 radical (unpaired) electrons. The number of nitrogen functional groups attached to an aromatic ring is 1. The molecule has 1 fully saturated rings. The molecule has 106 valence electrons. The van der Waals surface area contributed by atoms with Crippen molar-refractivity contribution in [3.63, 3.8) is 0 Å². The van der Waals surface area contributed by atoms with Gasteiger partial charge in [-0.15, -0.1) is 0 Å². The summed E-state index contributed by atoms with van der Waals surface area (Å²) in [5.41, 5.74) is 6.72. The SMILES string of the molecule is CC(C)CN1CCN(Cc2ccc(N)c(F)c2)CC1. The van der Waals surface area contributed by atoms with Crippen LogP contribution < -0.4 is 5.73 Å². The van der Waals surface area contributed by atoms with Gasteiger partial charge in [-0.25, -0.2) is 4.39 Å². The van der Waals surface area contributed by atoms with Gasteiger partial charge in [-0.05, 0) is 23.6 Å². The predicted molar refractivity (Wildman–Crippen MR) is 77.4 cm³/mol. The first-order valence-corrected chi connectivity index (χ1v) is 7.03. The maximum atomic E-state index is 13.4. The van der Waals surface area contributed by atoms with Gasteiger partial charge in [0, 0.05) is 39.3 Å². The molecule has 2 N–H and O–H groups in total. The van der Waals surface area contributed by atoms with E-state index >= 15 is 0 Å². The minimum Gasteiger partial charge on any atom is -0.396 e. The zero-order valence-corrected chi connectivity index (χ0v) is 11.9. The van der Waals surface area contributed by atoms with Crippen molar-refractivity contribution in [3.8, 4) is 0 Å². The summed E-state index contributed by atoms with van der Waals surface area (Å²) in [7, 11) is 0. The normalized spacial score (nSPS) is 18.1. The van der Waals surface area contributed by atoms with E-state index < -0.39 is 0 Å². The largest absolute Gasteiger partial charge is 0.396 e. The minimum absolute atomic E-state index is 0.227. The molecule has 0 unspecified atom stereocenters.